The van der Waals surface area contributed by atoms with E-state index in [-0.39, 0.29) is 5.41 Å². The van der Waals surface area contributed by atoms with E-state index in [9.17, 15) is 0 Å². The highest BCUT2D eigenvalue weighted by atomic mass is 15.1. The van der Waals surface area contributed by atoms with Crippen LogP contribution in [-0.2, 0) is 12.5 Å². The zero-order valence-corrected chi connectivity index (χ0v) is 11.2. The molecule has 0 spiro atoms. The molecule has 0 radical (unpaired) electrons. The van der Waals surface area contributed by atoms with Gasteiger partial charge in [-0.2, -0.15) is 0 Å². The van der Waals surface area contributed by atoms with Crippen LogP contribution in [-0.4, -0.2) is 14.5 Å². The SMILES string of the molecule is Cn1c2ncccc2c2cc(C(C)(C)C)cnc21. The molecule has 0 atom stereocenters. The van der Waals surface area contributed by atoms with E-state index < -0.39 is 0 Å². The van der Waals surface area contributed by atoms with Crippen molar-refractivity contribution in [3.63, 3.8) is 0 Å². The molecule has 3 aromatic heterocycles. The van der Waals surface area contributed by atoms with Crippen LogP contribution in [0.15, 0.2) is 30.6 Å². The fraction of sp³-hybridized carbons (Fsp3) is 0.333. The molecule has 3 nitrogen and oxygen atoms in total. The second kappa shape index (κ2) is 3.55. The maximum absolute atomic E-state index is 4.61. The summed E-state index contributed by atoms with van der Waals surface area (Å²) < 4.78 is 2.05. The van der Waals surface area contributed by atoms with Gasteiger partial charge in [-0.1, -0.05) is 20.8 Å². The first-order valence-corrected chi connectivity index (χ1v) is 6.18. The Balaban J connectivity index is 2.44. The Hall–Kier alpha value is -1.90. The van der Waals surface area contributed by atoms with Crippen molar-refractivity contribution in [1.82, 2.24) is 14.5 Å². The predicted molar refractivity (Wildman–Crippen MR) is 74.7 cm³/mol. The molecule has 0 aliphatic carbocycles. The van der Waals surface area contributed by atoms with Crippen molar-refractivity contribution in [2.24, 2.45) is 7.05 Å². The molecular formula is C15H17N3. The zero-order valence-electron chi connectivity index (χ0n) is 11.2. The molecule has 92 valence electrons. The third-order valence-electron chi connectivity index (χ3n) is 3.44. The standard InChI is InChI=1S/C15H17N3/c1-15(2,3)10-8-12-11-6-5-7-16-13(11)18(4)14(12)17-9-10/h5-9H,1-4H3. The lowest BCUT2D eigenvalue weighted by Crippen LogP contribution is -2.11. The van der Waals surface area contributed by atoms with Crippen molar-refractivity contribution in [2.75, 3.05) is 0 Å². The minimum Gasteiger partial charge on any atom is -0.313 e. The summed E-state index contributed by atoms with van der Waals surface area (Å²) in [7, 11) is 2.02. The summed E-state index contributed by atoms with van der Waals surface area (Å²) in [5, 5.41) is 2.36. The summed E-state index contributed by atoms with van der Waals surface area (Å²) in [5.41, 5.74) is 3.36. The van der Waals surface area contributed by atoms with Gasteiger partial charge in [-0.25, -0.2) is 9.97 Å². The quantitative estimate of drug-likeness (QED) is 0.602. The maximum atomic E-state index is 4.61. The van der Waals surface area contributed by atoms with Crippen LogP contribution in [0.4, 0.5) is 0 Å². The maximum Gasteiger partial charge on any atom is 0.141 e. The third-order valence-corrected chi connectivity index (χ3v) is 3.44. The average molecular weight is 239 g/mol. The van der Waals surface area contributed by atoms with Crippen LogP contribution in [0, 0.1) is 0 Å². The molecule has 3 rings (SSSR count). The zero-order chi connectivity index (χ0) is 12.9. The molecule has 3 heteroatoms. The molecule has 3 heterocycles. The first kappa shape index (κ1) is 11.2. The Morgan fingerprint density at radius 1 is 1.06 bits per heavy atom. The fourth-order valence-electron chi connectivity index (χ4n) is 2.31. The number of aryl methyl sites for hydroxylation is 1. The summed E-state index contributed by atoms with van der Waals surface area (Å²) in [5.74, 6) is 0. The van der Waals surface area contributed by atoms with Gasteiger partial charge in [-0.05, 0) is 29.2 Å². The van der Waals surface area contributed by atoms with Crippen LogP contribution in [0.3, 0.4) is 0 Å². The lowest BCUT2D eigenvalue weighted by molar-refractivity contribution is 0.588. The Labute approximate surface area is 106 Å². The van der Waals surface area contributed by atoms with E-state index in [1.54, 1.807) is 0 Å². The van der Waals surface area contributed by atoms with Crippen molar-refractivity contribution in [3.8, 4) is 0 Å². The Kier molecular flexibility index (Phi) is 2.21. The summed E-state index contributed by atoms with van der Waals surface area (Å²) in [6.07, 6.45) is 3.80. The molecular weight excluding hydrogens is 222 g/mol. The first-order valence-electron chi connectivity index (χ1n) is 6.18. The molecule has 0 amide bonds. The number of nitrogens with zero attached hydrogens (tertiary/aromatic N) is 3. The minimum absolute atomic E-state index is 0.117. The molecule has 0 aliphatic rings. The second-order valence-corrected chi connectivity index (χ2v) is 5.78. The van der Waals surface area contributed by atoms with Gasteiger partial charge in [0.25, 0.3) is 0 Å². The molecule has 0 aliphatic heterocycles. The van der Waals surface area contributed by atoms with Crippen molar-refractivity contribution < 1.29 is 0 Å². The second-order valence-electron chi connectivity index (χ2n) is 5.78. The number of hydrogen-bond donors (Lipinski definition) is 0. The Morgan fingerprint density at radius 3 is 2.50 bits per heavy atom. The van der Waals surface area contributed by atoms with Gasteiger partial charge in [-0.15, -0.1) is 0 Å². The third kappa shape index (κ3) is 1.50. The fourth-order valence-corrected chi connectivity index (χ4v) is 2.31. The van der Waals surface area contributed by atoms with Crippen LogP contribution in [0.1, 0.15) is 26.3 Å². The summed E-state index contributed by atoms with van der Waals surface area (Å²) in [4.78, 5) is 9.04. The largest absolute Gasteiger partial charge is 0.313 e. The molecule has 0 saturated carbocycles. The van der Waals surface area contributed by atoms with Crippen molar-refractivity contribution >= 4 is 22.1 Å². The van der Waals surface area contributed by atoms with Crippen LogP contribution >= 0.6 is 0 Å². The smallest absolute Gasteiger partial charge is 0.141 e. The van der Waals surface area contributed by atoms with E-state index in [4.69, 9.17) is 0 Å². The minimum atomic E-state index is 0.117. The number of rotatable bonds is 0. The number of pyridine rings is 2. The van der Waals surface area contributed by atoms with Crippen LogP contribution in [0.25, 0.3) is 22.1 Å². The van der Waals surface area contributed by atoms with Crippen molar-refractivity contribution in [3.05, 3.63) is 36.2 Å². The highest BCUT2D eigenvalue weighted by molar-refractivity contribution is 6.05. The molecule has 18 heavy (non-hydrogen) atoms. The highest BCUT2D eigenvalue weighted by Crippen LogP contribution is 2.29. The molecule has 0 aromatic carbocycles. The van der Waals surface area contributed by atoms with Gasteiger partial charge >= 0.3 is 0 Å². The van der Waals surface area contributed by atoms with Gasteiger partial charge < -0.3 is 4.57 Å². The number of hydrogen-bond acceptors (Lipinski definition) is 2. The van der Waals surface area contributed by atoms with E-state index in [2.05, 4.69) is 47.4 Å². The summed E-state index contributed by atoms with van der Waals surface area (Å²) in [6.45, 7) is 6.62. The molecule has 0 saturated heterocycles. The van der Waals surface area contributed by atoms with Gasteiger partial charge in [-0.3, -0.25) is 0 Å². The van der Waals surface area contributed by atoms with Gasteiger partial charge in [0.2, 0.25) is 0 Å². The molecule has 0 fully saturated rings. The number of aromatic nitrogens is 3. The van der Waals surface area contributed by atoms with Gasteiger partial charge in [0, 0.05) is 30.2 Å². The molecule has 0 N–H and O–H groups in total. The van der Waals surface area contributed by atoms with Crippen LogP contribution in [0.5, 0.6) is 0 Å². The highest BCUT2D eigenvalue weighted by Gasteiger charge is 2.17. The Morgan fingerprint density at radius 2 is 1.78 bits per heavy atom. The van der Waals surface area contributed by atoms with E-state index in [0.717, 1.165) is 11.3 Å². The van der Waals surface area contributed by atoms with Crippen molar-refractivity contribution in [1.29, 1.82) is 0 Å². The predicted octanol–water partition coefficient (Wildman–Crippen LogP) is 3.42. The molecule has 3 aromatic rings. The normalized spacial score (nSPS) is 12.4. The van der Waals surface area contributed by atoms with E-state index in [1.807, 2.05) is 25.5 Å². The first-order chi connectivity index (χ1) is 8.48. The lowest BCUT2D eigenvalue weighted by Gasteiger charge is -2.18. The van der Waals surface area contributed by atoms with Crippen LogP contribution < -0.4 is 0 Å². The molecule has 0 unspecified atom stereocenters. The molecule has 0 bridgehead atoms. The summed E-state index contributed by atoms with van der Waals surface area (Å²) in [6, 6.07) is 6.33. The lowest BCUT2D eigenvalue weighted by atomic mass is 9.88. The summed E-state index contributed by atoms with van der Waals surface area (Å²) >= 11 is 0. The van der Waals surface area contributed by atoms with E-state index >= 15 is 0 Å². The van der Waals surface area contributed by atoms with E-state index in [0.29, 0.717) is 0 Å². The topological polar surface area (TPSA) is 30.7 Å². The van der Waals surface area contributed by atoms with Gasteiger partial charge in [0.1, 0.15) is 11.3 Å². The average Bonchev–Trinajstić information content (AvgIpc) is 2.63. The van der Waals surface area contributed by atoms with Crippen molar-refractivity contribution in [2.45, 2.75) is 26.2 Å². The Bertz CT molecular complexity index is 732. The van der Waals surface area contributed by atoms with Gasteiger partial charge in [0.15, 0.2) is 0 Å². The number of fused-ring (bicyclic) bond motifs is 3. The monoisotopic (exact) mass is 239 g/mol. The van der Waals surface area contributed by atoms with E-state index in [1.165, 1.54) is 16.3 Å². The van der Waals surface area contributed by atoms with Crippen LogP contribution in [0.2, 0.25) is 0 Å². The van der Waals surface area contributed by atoms with Gasteiger partial charge in [0.05, 0.1) is 0 Å².